The average Bonchev–Trinajstić information content (AvgIpc) is 2.95. The van der Waals surface area contributed by atoms with Gasteiger partial charge in [-0.3, -0.25) is 4.79 Å². The summed E-state index contributed by atoms with van der Waals surface area (Å²) in [5, 5.41) is 11.2. The standard InChI is InChI=1S/C32H37FN2O2/c33-29-15-13-27(14-16-29)31(18-8-22-35(25-31)30(36)26-9-3-1-4-10-26)17-7-21-34-23-19-32(37,20-24-34)28-11-5-2-6-12-28/h1-6,9-16,37H,7-8,17-25H2. The van der Waals surface area contributed by atoms with Crippen molar-refractivity contribution in [1.82, 2.24) is 9.80 Å². The molecule has 0 aromatic heterocycles. The number of hydrogen-bond donors (Lipinski definition) is 1. The highest BCUT2D eigenvalue weighted by molar-refractivity contribution is 5.94. The van der Waals surface area contributed by atoms with Gasteiger partial charge in [-0.1, -0.05) is 60.7 Å². The van der Waals surface area contributed by atoms with Gasteiger partial charge in [0.15, 0.2) is 0 Å². The van der Waals surface area contributed by atoms with Gasteiger partial charge in [0.25, 0.3) is 5.91 Å². The van der Waals surface area contributed by atoms with Crippen molar-refractivity contribution >= 4 is 5.91 Å². The normalized spacial score (nSPS) is 22.1. The van der Waals surface area contributed by atoms with Crippen LogP contribution in [0.3, 0.4) is 0 Å². The second kappa shape index (κ2) is 11.2. The number of hydrogen-bond acceptors (Lipinski definition) is 3. The highest BCUT2D eigenvalue weighted by Gasteiger charge is 2.39. The molecule has 1 amide bonds. The van der Waals surface area contributed by atoms with Crippen LogP contribution in [0.4, 0.5) is 4.39 Å². The molecule has 4 nitrogen and oxygen atoms in total. The summed E-state index contributed by atoms with van der Waals surface area (Å²) in [6.07, 6.45) is 5.33. The monoisotopic (exact) mass is 500 g/mol. The third kappa shape index (κ3) is 5.78. The lowest BCUT2D eigenvalue weighted by molar-refractivity contribution is -0.0265. The number of carbonyl (C=O) groups excluding carboxylic acids is 1. The quantitative estimate of drug-likeness (QED) is 0.448. The van der Waals surface area contributed by atoms with Crippen LogP contribution in [0.15, 0.2) is 84.9 Å². The Labute approximate surface area is 219 Å². The van der Waals surface area contributed by atoms with Crippen molar-refractivity contribution in [3.63, 3.8) is 0 Å². The zero-order valence-electron chi connectivity index (χ0n) is 21.5. The number of benzene rings is 3. The molecule has 3 aromatic carbocycles. The maximum atomic E-state index is 13.8. The molecule has 0 saturated carbocycles. The van der Waals surface area contributed by atoms with Crippen molar-refractivity contribution in [2.45, 2.75) is 49.5 Å². The highest BCUT2D eigenvalue weighted by atomic mass is 19.1. The van der Waals surface area contributed by atoms with Crippen molar-refractivity contribution in [1.29, 1.82) is 0 Å². The summed E-state index contributed by atoms with van der Waals surface area (Å²) >= 11 is 0. The zero-order chi connectivity index (χ0) is 25.7. The minimum absolute atomic E-state index is 0.0722. The third-order valence-corrected chi connectivity index (χ3v) is 8.47. The molecule has 3 aromatic rings. The van der Waals surface area contributed by atoms with Gasteiger partial charge in [0.1, 0.15) is 5.82 Å². The van der Waals surface area contributed by atoms with Crippen molar-refractivity contribution in [3.8, 4) is 0 Å². The molecule has 1 N–H and O–H groups in total. The summed E-state index contributed by atoms with van der Waals surface area (Å²) in [7, 11) is 0. The van der Waals surface area contributed by atoms with Gasteiger partial charge in [-0.05, 0) is 80.5 Å². The van der Waals surface area contributed by atoms with Gasteiger partial charge in [-0.2, -0.15) is 0 Å². The lowest BCUT2D eigenvalue weighted by Gasteiger charge is -2.44. The average molecular weight is 501 g/mol. The van der Waals surface area contributed by atoms with E-state index in [1.165, 1.54) is 0 Å². The first-order chi connectivity index (χ1) is 18.0. The second-order valence-corrected chi connectivity index (χ2v) is 10.8. The van der Waals surface area contributed by atoms with Gasteiger partial charge < -0.3 is 14.9 Å². The lowest BCUT2D eigenvalue weighted by Crippen LogP contribution is -2.49. The molecule has 1 atom stereocenters. The number of nitrogens with zero attached hydrogens (tertiary/aromatic N) is 2. The van der Waals surface area contributed by atoms with E-state index in [0.717, 1.165) is 81.4 Å². The Morgan fingerprint density at radius 1 is 0.811 bits per heavy atom. The van der Waals surface area contributed by atoms with Crippen LogP contribution in [0.25, 0.3) is 0 Å². The van der Waals surface area contributed by atoms with E-state index in [0.29, 0.717) is 6.54 Å². The van der Waals surface area contributed by atoms with Crippen LogP contribution < -0.4 is 0 Å². The van der Waals surface area contributed by atoms with Gasteiger partial charge in [-0.15, -0.1) is 0 Å². The molecule has 2 aliphatic heterocycles. The molecule has 2 aliphatic rings. The van der Waals surface area contributed by atoms with Crippen molar-refractivity contribution in [3.05, 3.63) is 107 Å². The molecule has 0 radical (unpaired) electrons. The van der Waals surface area contributed by atoms with E-state index in [4.69, 9.17) is 0 Å². The van der Waals surface area contributed by atoms with Crippen molar-refractivity contribution in [2.75, 3.05) is 32.7 Å². The maximum Gasteiger partial charge on any atom is 0.253 e. The van der Waals surface area contributed by atoms with Gasteiger partial charge in [0.05, 0.1) is 5.60 Å². The summed E-state index contributed by atoms with van der Waals surface area (Å²) in [4.78, 5) is 17.7. The number of halogens is 1. The van der Waals surface area contributed by atoms with Gasteiger partial charge >= 0.3 is 0 Å². The van der Waals surface area contributed by atoms with Gasteiger partial charge in [0, 0.05) is 37.2 Å². The number of carbonyl (C=O) groups is 1. The fourth-order valence-electron chi connectivity index (χ4n) is 6.28. The molecule has 0 spiro atoms. The third-order valence-electron chi connectivity index (χ3n) is 8.47. The Morgan fingerprint density at radius 2 is 1.46 bits per heavy atom. The summed E-state index contributed by atoms with van der Waals surface area (Å²) in [6.45, 7) is 4.10. The largest absolute Gasteiger partial charge is 0.385 e. The molecule has 0 aliphatic carbocycles. The van der Waals surface area contributed by atoms with E-state index in [2.05, 4.69) is 4.90 Å². The van der Waals surface area contributed by atoms with Crippen molar-refractivity contribution in [2.24, 2.45) is 0 Å². The van der Waals surface area contributed by atoms with Crippen molar-refractivity contribution < 1.29 is 14.3 Å². The van der Waals surface area contributed by atoms with Crippen LogP contribution in [-0.2, 0) is 11.0 Å². The number of amides is 1. The van der Waals surface area contributed by atoms with Crippen LogP contribution in [0, 0.1) is 5.82 Å². The predicted molar refractivity (Wildman–Crippen MR) is 145 cm³/mol. The molecule has 2 heterocycles. The van der Waals surface area contributed by atoms with E-state index < -0.39 is 5.60 Å². The Hall–Kier alpha value is -3.02. The Bertz CT molecular complexity index is 1160. The Balaban J connectivity index is 1.25. The fraction of sp³-hybridized carbons (Fsp3) is 0.406. The fourth-order valence-corrected chi connectivity index (χ4v) is 6.28. The molecule has 5 heteroatoms. The van der Waals surface area contributed by atoms with Crippen LogP contribution >= 0.6 is 0 Å². The van der Waals surface area contributed by atoms with E-state index in [1.54, 1.807) is 12.1 Å². The van der Waals surface area contributed by atoms with E-state index in [9.17, 15) is 14.3 Å². The molecular formula is C32H37FN2O2. The number of rotatable bonds is 7. The summed E-state index contributed by atoms with van der Waals surface area (Å²) < 4.78 is 13.8. The summed E-state index contributed by atoms with van der Waals surface area (Å²) in [5.74, 6) is -0.158. The smallest absolute Gasteiger partial charge is 0.253 e. The number of piperidine rings is 2. The van der Waals surface area contributed by atoms with Gasteiger partial charge in [-0.25, -0.2) is 4.39 Å². The first kappa shape index (κ1) is 25.6. The van der Waals surface area contributed by atoms with Crippen LogP contribution in [-0.4, -0.2) is 53.5 Å². The minimum Gasteiger partial charge on any atom is -0.385 e. The van der Waals surface area contributed by atoms with Gasteiger partial charge in [0.2, 0.25) is 0 Å². The van der Waals surface area contributed by atoms with E-state index >= 15 is 0 Å². The minimum atomic E-state index is -0.741. The Kier molecular flexibility index (Phi) is 7.73. The predicted octanol–water partition coefficient (Wildman–Crippen LogP) is 5.76. The maximum absolute atomic E-state index is 13.8. The topological polar surface area (TPSA) is 43.8 Å². The molecule has 194 valence electrons. The second-order valence-electron chi connectivity index (χ2n) is 10.8. The molecule has 2 fully saturated rings. The molecule has 1 unspecified atom stereocenters. The molecule has 2 saturated heterocycles. The zero-order valence-corrected chi connectivity index (χ0v) is 21.5. The molecular weight excluding hydrogens is 463 g/mol. The van der Waals surface area contributed by atoms with E-state index in [-0.39, 0.29) is 17.1 Å². The Morgan fingerprint density at radius 3 is 2.14 bits per heavy atom. The summed E-state index contributed by atoms with van der Waals surface area (Å²) in [5.41, 5.74) is 1.93. The summed E-state index contributed by atoms with van der Waals surface area (Å²) in [6, 6.07) is 26.4. The van der Waals surface area contributed by atoms with Crippen LogP contribution in [0.5, 0.6) is 0 Å². The first-order valence-corrected chi connectivity index (χ1v) is 13.6. The van der Waals surface area contributed by atoms with Crippen LogP contribution in [0.1, 0.15) is 60.0 Å². The SMILES string of the molecule is O=C(c1ccccc1)N1CCCC(CCCN2CCC(O)(c3ccccc3)CC2)(c2ccc(F)cc2)C1. The number of likely N-dealkylation sites (tertiary alicyclic amines) is 2. The first-order valence-electron chi connectivity index (χ1n) is 13.6. The number of aliphatic hydroxyl groups is 1. The lowest BCUT2D eigenvalue weighted by atomic mass is 9.71. The highest BCUT2D eigenvalue weighted by Crippen LogP contribution is 2.39. The molecule has 5 rings (SSSR count). The van der Waals surface area contributed by atoms with E-state index in [1.807, 2.05) is 77.7 Å². The molecule has 0 bridgehead atoms. The molecule has 37 heavy (non-hydrogen) atoms. The van der Waals surface area contributed by atoms with Crippen LogP contribution in [0.2, 0.25) is 0 Å².